The van der Waals surface area contributed by atoms with E-state index in [1.54, 1.807) is 6.20 Å². The second-order valence-corrected chi connectivity index (χ2v) is 5.48. The molecule has 0 aliphatic carbocycles. The van der Waals surface area contributed by atoms with Gasteiger partial charge < -0.3 is 5.32 Å². The van der Waals surface area contributed by atoms with Gasteiger partial charge in [0.1, 0.15) is 17.5 Å². The summed E-state index contributed by atoms with van der Waals surface area (Å²) in [6.07, 6.45) is 1.71. The number of hydrogen-bond acceptors (Lipinski definition) is 3. The Bertz CT molecular complexity index is 837. The van der Waals surface area contributed by atoms with Gasteiger partial charge in [0.05, 0.1) is 0 Å². The number of pyridine rings is 1. The highest BCUT2D eigenvalue weighted by Gasteiger charge is 2.11. The molecule has 23 heavy (non-hydrogen) atoms. The van der Waals surface area contributed by atoms with Gasteiger partial charge in [-0.1, -0.05) is 54.1 Å². The molecule has 1 heterocycles. The van der Waals surface area contributed by atoms with Gasteiger partial charge in [-0.05, 0) is 29.3 Å². The maximum atomic E-state index is 9.56. The van der Waals surface area contributed by atoms with Crippen LogP contribution < -0.4 is 5.32 Å². The van der Waals surface area contributed by atoms with Crippen LogP contribution in [-0.4, -0.2) is 4.98 Å². The number of nitrogens with one attached hydrogen (secondary N) is 1. The quantitative estimate of drug-likeness (QED) is 0.745. The van der Waals surface area contributed by atoms with Crippen molar-refractivity contribution >= 4 is 17.4 Å². The molecule has 0 spiro atoms. The molecule has 1 aromatic heterocycles. The predicted octanol–water partition coefficient (Wildman–Crippen LogP) is 4.89. The predicted molar refractivity (Wildman–Crippen MR) is 93.2 cm³/mol. The number of halogens is 1. The number of hydrogen-bond donors (Lipinski definition) is 1. The second-order valence-electron chi connectivity index (χ2n) is 5.04. The molecule has 3 rings (SSSR count). The summed E-state index contributed by atoms with van der Waals surface area (Å²) >= 11 is 5.93. The molecule has 4 heteroatoms. The zero-order valence-electron chi connectivity index (χ0n) is 12.3. The summed E-state index contributed by atoms with van der Waals surface area (Å²) < 4.78 is 0. The van der Waals surface area contributed by atoms with Crippen molar-refractivity contribution in [3.63, 3.8) is 0 Å². The van der Waals surface area contributed by atoms with E-state index in [4.69, 9.17) is 11.6 Å². The molecule has 3 nitrogen and oxygen atoms in total. The fourth-order valence-electron chi connectivity index (χ4n) is 2.36. The van der Waals surface area contributed by atoms with Gasteiger partial charge in [-0.15, -0.1) is 0 Å². The third-order valence-corrected chi connectivity index (χ3v) is 3.77. The molecule has 0 aliphatic heterocycles. The number of aromatic nitrogens is 1. The van der Waals surface area contributed by atoms with Gasteiger partial charge in [0, 0.05) is 23.3 Å². The van der Waals surface area contributed by atoms with E-state index in [0.29, 0.717) is 22.9 Å². The highest BCUT2D eigenvalue weighted by atomic mass is 35.5. The average molecular weight is 320 g/mol. The maximum Gasteiger partial charge on any atom is 0.144 e. The molecule has 0 saturated carbocycles. The van der Waals surface area contributed by atoms with E-state index < -0.39 is 0 Å². The fraction of sp³-hybridized carbons (Fsp3) is 0.0526. The van der Waals surface area contributed by atoms with Crippen molar-refractivity contribution in [1.29, 1.82) is 5.26 Å². The first-order valence-electron chi connectivity index (χ1n) is 7.21. The SMILES string of the molecule is N#Cc1c(-c2ccc(Cl)cc2)ccnc1NCc1ccccc1. The molecule has 1 N–H and O–H groups in total. The molecule has 2 aromatic carbocycles. The molecule has 0 unspecified atom stereocenters. The normalized spacial score (nSPS) is 10.1. The maximum absolute atomic E-state index is 9.56. The molecule has 0 bridgehead atoms. The molecule has 0 radical (unpaired) electrons. The first kappa shape index (κ1) is 15.1. The standard InChI is InChI=1S/C19H14ClN3/c20-16-8-6-15(7-9-16)17-10-11-22-19(18(17)12-21)23-13-14-4-2-1-3-5-14/h1-11H,13H2,(H,22,23). The minimum Gasteiger partial charge on any atom is -0.365 e. The van der Waals surface area contributed by atoms with E-state index in [2.05, 4.69) is 16.4 Å². The Morgan fingerprint density at radius 1 is 1.00 bits per heavy atom. The summed E-state index contributed by atoms with van der Waals surface area (Å²) in [7, 11) is 0. The Balaban J connectivity index is 1.91. The lowest BCUT2D eigenvalue weighted by atomic mass is 10.0. The molecule has 0 saturated heterocycles. The van der Waals surface area contributed by atoms with Crippen LogP contribution in [0.1, 0.15) is 11.1 Å². The molecule has 3 aromatic rings. The number of benzene rings is 2. The number of anilines is 1. The van der Waals surface area contributed by atoms with Crippen molar-refractivity contribution in [1.82, 2.24) is 4.98 Å². The first-order chi connectivity index (χ1) is 11.3. The topological polar surface area (TPSA) is 48.7 Å². The van der Waals surface area contributed by atoms with Gasteiger partial charge in [0.25, 0.3) is 0 Å². The molecule has 0 aliphatic rings. The Morgan fingerprint density at radius 3 is 2.43 bits per heavy atom. The van der Waals surface area contributed by atoms with Gasteiger partial charge in [0.2, 0.25) is 0 Å². The third kappa shape index (κ3) is 3.50. The van der Waals surface area contributed by atoms with Crippen molar-refractivity contribution in [2.45, 2.75) is 6.54 Å². The van der Waals surface area contributed by atoms with E-state index in [-0.39, 0.29) is 0 Å². The number of rotatable bonds is 4. The van der Waals surface area contributed by atoms with Crippen LogP contribution in [0.25, 0.3) is 11.1 Å². The highest BCUT2D eigenvalue weighted by molar-refractivity contribution is 6.30. The zero-order chi connectivity index (χ0) is 16.1. The Kier molecular flexibility index (Phi) is 4.56. The van der Waals surface area contributed by atoms with Crippen LogP contribution in [0.2, 0.25) is 5.02 Å². The van der Waals surface area contributed by atoms with Crippen LogP contribution in [0.4, 0.5) is 5.82 Å². The monoisotopic (exact) mass is 319 g/mol. The summed E-state index contributed by atoms with van der Waals surface area (Å²) in [5.74, 6) is 0.587. The fourth-order valence-corrected chi connectivity index (χ4v) is 2.49. The van der Waals surface area contributed by atoms with E-state index >= 15 is 0 Å². The lowest BCUT2D eigenvalue weighted by Gasteiger charge is -2.11. The number of nitrogens with zero attached hydrogens (tertiary/aromatic N) is 2. The molecule has 112 valence electrons. The summed E-state index contributed by atoms with van der Waals surface area (Å²) in [6, 6.07) is 21.5. The van der Waals surface area contributed by atoms with Crippen LogP contribution in [-0.2, 0) is 6.54 Å². The summed E-state index contributed by atoms with van der Waals surface area (Å²) in [6.45, 7) is 0.618. The van der Waals surface area contributed by atoms with Crippen molar-refractivity contribution in [2.75, 3.05) is 5.32 Å². The van der Waals surface area contributed by atoms with Crippen LogP contribution >= 0.6 is 11.6 Å². The van der Waals surface area contributed by atoms with Gasteiger partial charge in [-0.25, -0.2) is 4.98 Å². The zero-order valence-corrected chi connectivity index (χ0v) is 13.1. The van der Waals surface area contributed by atoms with Gasteiger partial charge in [0.15, 0.2) is 0 Å². The second kappa shape index (κ2) is 6.95. The smallest absolute Gasteiger partial charge is 0.144 e. The molecular formula is C19H14ClN3. The molecule has 0 amide bonds. The molecule has 0 atom stereocenters. The molecule has 0 fully saturated rings. The third-order valence-electron chi connectivity index (χ3n) is 3.52. The van der Waals surface area contributed by atoms with Crippen molar-refractivity contribution in [2.24, 2.45) is 0 Å². The minimum absolute atomic E-state index is 0.533. The first-order valence-corrected chi connectivity index (χ1v) is 7.58. The lowest BCUT2D eigenvalue weighted by Crippen LogP contribution is -2.04. The largest absolute Gasteiger partial charge is 0.365 e. The van der Waals surface area contributed by atoms with Crippen molar-refractivity contribution < 1.29 is 0 Å². The van der Waals surface area contributed by atoms with E-state index in [9.17, 15) is 5.26 Å². The minimum atomic E-state index is 0.533. The van der Waals surface area contributed by atoms with Crippen molar-refractivity contribution in [3.05, 3.63) is 83.0 Å². The van der Waals surface area contributed by atoms with Crippen molar-refractivity contribution in [3.8, 4) is 17.2 Å². The summed E-state index contributed by atoms with van der Waals surface area (Å²) in [4.78, 5) is 4.31. The molecular weight excluding hydrogens is 306 g/mol. The van der Waals surface area contributed by atoms with Crippen LogP contribution in [0.3, 0.4) is 0 Å². The van der Waals surface area contributed by atoms with Crippen LogP contribution in [0.15, 0.2) is 66.9 Å². The van der Waals surface area contributed by atoms with Crippen LogP contribution in [0, 0.1) is 11.3 Å². The Hall–Kier alpha value is -2.83. The van der Waals surface area contributed by atoms with Gasteiger partial charge in [-0.3, -0.25) is 0 Å². The van der Waals surface area contributed by atoms with Gasteiger partial charge in [-0.2, -0.15) is 5.26 Å². The summed E-state index contributed by atoms with van der Waals surface area (Å²) in [5.41, 5.74) is 3.45. The van der Waals surface area contributed by atoms with Crippen LogP contribution in [0.5, 0.6) is 0 Å². The Labute approximate surface area is 140 Å². The van der Waals surface area contributed by atoms with Gasteiger partial charge >= 0.3 is 0 Å². The highest BCUT2D eigenvalue weighted by Crippen LogP contribution is 2.28. The van der Waals surface area contributed by atoms with E-state index in [1.807, 2.05) is 60.7 Å². The van der Waals surface area contributed by atoms with E-state index in [1.165, 1.54) is 0 Å². The Morgan fingerprint density at radius 2 is 1.74 bits per heavy atom. The summed E-state index contributed by atoms with van der Waals surface area (Å²) in [5, 5.41) is 13.5. The lowest BCUT2D eigenvalue weighted by molar-refractivity contribution is 1.11. The van der Waals surface area contributed by atoms with E-state index in [0.717, 1.165) is 16.7 Å². The average Bonchev–Trinajstić information content (AvgIpc) is 2.61. The number of nitriles is 1.